The number of nitrogens with zero attached hydrogens (tertiary/aromatic N) is 2. The Balaban J connectivity index is 1.62. The first kappa shape index (κ1) is 14.8. The van der Waals surface area contributed by atoms with E-state index in [1.54, 1.807) is 6.07 Å². The lowest BCUT2D eigenvalue weighted by molar-refractivity contribution is 0.0943. The molecule has 1 atom stereocenters. The zero-order chi connectivity index (χ0) is 15.7. The van der Waals surface area contributed by atoms with Gasteiger partial charge in [-0.1, -0.05) is 0 Å². The predicted molar refractivity (Wildman–Crippen MR) is 82.1 cm³/mol. The summed E-state index contributed by atoms with van der Waals surface area (Å²) in [4.78, 5) is 12.1. The molecule has 0 bridgehead atoms. The second-order valence-electron chi connectivity index (χ2n) is 5.65. The van der Waals surface area contributed by atoms with Crippen molar-refractivity contribution in [1.29, 1.82) is 0 Å². The molecule has 8 heteroatoms. The van der Waals surface area contributed by atoms with Crippen LogP contribution in [0.1, 0.15) is 16.9 Å². The number of hydrogen-bond donors (Lipinski definition) is 2. The Bertz CT molecular complexity index is 791. The number of aromatic nitrogens is 3. The van der Waals surface area contributed by atoms with E-state index < -0.39 is 9.84 Å². The van der Waals surface area contributed by atoms with Crippen LogP contribution in [0.3, 0.4) is 0 Å². The predicted octanol–water partition coefficient (Wildman–Crippen LogP) is 0.580. The number of aromatic amines is 1. The van der Waals surface area contributed by atoms with Gasteiger partial charge in [-0.25, -0.2) is 8.42 Å². The number of hydrogen-bond acceptors (Lipinski definition) is 4. The first-order valence-corrected chi connectivity index (χ1v) is 8.92. The zero-order valence-corrected chi connectivity index (χ0v) is 13.1. The Kier molecular flexibility index (Phi) is 3.78. The normalized spacial score (nSPS) is 20.1. The Morgan fingerprint density at radius 3 is 3.00 bits per heavy atom. The molecule has 7 nitrogen and oxygen atoms in total. The molecule has 1 amide bonds. The molecule has 1 saturated heterocycles. The fourth-order valence-electron chi connectivity index (χ4n) is 2.66. The van der Waals surface area contributed by atoms with E-state index in [1.165, 1.54) is 0 Å². The van der Waals surface area contributed by atoms with Gasteiger partial charge in [0.15, 0.2) is 9.84 Å². The van der Waals surface area contributed by atoms with Crippen molar-refractivity contribution in [3.63, 3.8) is 0 Å². The highest BCUT2D eigenvalue weighted by atomic mass is 32.2. The number of sulfone groups is 1. The molecule has 3 rings (SSSR count). The molecule has 2 aromatic rings. The second kappa shape index (κ2) is 5.60. The van der Waals surface area contributed by atoms with Crippen LogP contribution in [0.5, 0.6) is 0 Å². The summed E-state index contributed by atoms with van der Waals surface area (Å²) in [6, 6.07) is 5.52. The van der Waals surface area contributed by atoms with Gasteiger partial charge in [0.2, 0.25) is 0 Å². The van der Waals surface area contributed by atoms with Crippen LogP contribution in [0, 0.1) is 5.92 Å². The van der Waals surface area contributed by atoms with Gasteiger partial charge in [-0.3, -0.25) is 9.89 Å². The summed E-state index contributed by atoms with van der Waals surface area (Å²) in [5.74, 6) is 0.113. The highest BCUT2D eigenvalue weighted by molar-refractivity contribution is 7.91. The minimum absolute atomic E-state index is 0.00390. The van der Waals surface area contributed by atoms with Crippen molar-refractivity contribution in [3.05, 3.63) is 30.1 Å². The number of amides is 1. The zero-order valence-electron chi connectivity index (χ0n) is 12.2. The van der Waals surface area contributed by atoms with Crippen LogP contribution < -0.4 is 5.32 Å². The van der Waals surface area contributed by atoms with Crippen LogP contribution in [-0.2, 0) is 16.9 Å². The number of aryl methyl sites for hydroxylation is 1. The molecular formula is C14H18N4O3S. The summed E-state index contributed by atoms with van der Waals surface area (Å²) in [5, 5.41) is 9.63. The molecular weight excluding hydrogens is 304 g/mol. The molecule has 0 radical (unpaired) electrons. The van der Waals surface area contributed by atoms with Gasteiger partial charge < -0.3 is 9.88 Å². The van der Waals surface area contributed by atoms with Gasteiger partial charge in [-0.15, -0.1) is 0 Å². The van der Waals surface area contributed by atoms with Crippen molar-refractivity contribution in [2.75, 3.05) is 18.1 Å². The molecule has 118 valence electrons. The number of carbonyl (C=O) groups is 1. The Hall–Kier alpha value is -2.09. The summed E-state index contributed by atoms with van der Waals surface area (Å²) < 4.78 is 24.7. The second-order valence-corrected chi connectivity index (χ2v) is 7.88. The molecule has 1 aliphatic rings. The lowest BCUT2D eigenvalue weighted by Crippen LogP contribution is -2.30. The molecule has 0 aliphatic carbocycles. The van der Waals surface area contributed by atoms with Crippen LogP contribution in [-0.4, -0.2) is 47.1 Å². The van der Waals surface area contributed by atoms with Crippen LogP contribution >= 0.6 is 0 Å². The van der Waals surface area contributed by atoms with E-state index in [1.807, 2.05) is 29.9 Å². The van der Waals surface area contributed by atoms with Gasteiger partial charge in [0, 0.05) is 19.8 Å². The first-order chi connectivity index (χ1) is 10.4. The van der Waals surface area contributed by atoms with Crippen molar-refractivity contribution in [2.45, 2.75) is 6.42 Å². The van der Waals surface area contributed by atoms with E-state index in [0.29, 0.717) is 24.4 Å². The minimum atomic E-state index is -2.91. The number of nitrogens with one attached hydrogen (secondary N) is 2. The molecule has 1 aliphatic heterocycles. The van der Waals surface area contributed by atoms with E-state index in [2.05, 4.69) is 15.5 Å². The van der Waals surface area contributed by atoms with E-state index in [0.717, 1.165) is 5.69 Å². The third-order valence-electron chi connectivity index (χ3n) is 3.91. The van der Waals surface area contributed by atoms with E-state index in [-0.39, 0.29) is 23.3 Å². The van der Waals surface area contributed by atoms with Gasteiger partial charge in [-0.05, 0) is 30.5 Å². The van der Waals surface area contributed by atoms with E-state index in [9.17, 15) is 13.2 Å². The minimum Gasteiger partial charge on any atom is -0.350 e. The Morgan fingerprint density at radius 2 is 2.36 bits per heavy atom. The van der Waals surface area contributed by atoms with E-state index >= 15 is 0 Å². The molecule has 1 unspecified atom stereocenters. The molecule has 0 spiro atoms. The number of carbonyl (C=O) groups excluding carboxylic acids is 1. The molecule has 3 heterocycles. The summed E-state index contributed by atoms with van der Waals surface area (Å²) in [6.07, 6.45) is 2.52. The van der Waals surface area contributed by atoms with Crippen molar-refractivity contribution >= 4 is 15.7 Å². The summed E-state index contributed by atoms with van der Waals surface area (Å²) >= 11 is 0. The first-order valence-electron chi connectivity index (χ1n) is 7.10. The van der Waals surface area contributed by atoms with Crippen molar-refractivity contribution in [3.8, 4) is 11.4 Å². The van der Waals surface area contributed by atoms with E-state index in [4.69, 9.17) is 0 Å². The molecule has 2 aromatic heterocycles. The smallest absolute Gasteiger partial charge is 0.269 e. The van der Waals surface area contributed by atoms with Crippen molar-refractivity contribution < 1.29 is 13.2 Å². The maximum absolute atomic E-state index is 12.1. The van der Waals surface area contributed by atoms with Gasteiger partial charge in [0.25, 0.3) is 5.91 Å². The summed E-state index contributed by atoms with van der Waals surface area (Å²) in [5.41, 5.74) is 1.98. The molecule has 0 aromatic carbocycles. The van der Waals surface area contributed by atoms with Crippen LogP contribution in [0.4, 0.5) is 0 Å². The maximum atomic E-state index is 12.1. The number of H-pyrrole nitrogens is 1. The Labute approximate surface area is 128 Å². The largest absolute Gasteiger partial charge is 0.350 e. The van der Waals surface area contributed by atoms with Crippen LogP contribution in [0.25, 0.3) is 11.4 Å². The van der Waals surface area contributed by atoms with Gasteiger partial charge >= 0.3 is 0 Å². The average Bonchev–Trinajstić information content (AvgIpc) is 3.15. The molecule has 2 N–H and O–H groups in total. The monoisotopic (exact) mass is 322 g/mol. The Morgan fingerprint density at radius 1 is 1.55 bits per heavy atom. The number of rotatable bonds is 4. The molecule has 0 saturated carbocycles. The fraction of sp³-hybridized carbons (Fsp3) is 0.429. The van der Waals surface area contributed by atoms with Gasteiger partial charge in [0.1, 0.15) is 11.4 Å². The average molecular weight is 322 g/mol. The third-order valence-corrected chi connectivity index (χ3v) is 5.74. The third kappa shape index (κ3) is 3.06. The topological polar surface area (TPSA) is 96.9 Å². The van der Waals surface area contributed by atoms with Crippen LogP contribution in [0.2, 0.25) is 0 Å². The van der Waals surface area contributed by atoms with Crippen molar-refractivity contribution in [2.24, 2.45) is 13.0 Å². The highest BCUT2D eigenvalue weighted by Crippen LogP contribution is 2.19. The lowest BCUT2D eigenvalue weighted by atomic mass is 10.1. The fourth-order valence-corrected chi connectivity index (χ4v) is 4.52. The quantitative estimate of drug-likeness (QED) is 0.860. The van der Waals surface area contributed by atoms with Crippen LogP contribution in [0.15, 0.2) is 24.4 Å². The molecule has 22 heavy (non-hydrogen) atoms. The molecule has 1 fully saturated rings. The van der Waals surface area contributed by atoms with Crippen molar-refractivity contribution in [1.82, 2.24) is 20.1 Å². The SMILES string of the molecule is Cn1cccc1-c1cc(C(=O)NCC2CCS(=O)(=O)C2)[nH]n1. The maximum Gasteiger partial charge on any atom is 0.269 e. The summed E-state index contributed by atoms with van der Waals surface area (Å²) in [6.45, 7) is 0.372. The van der Waals surface area contributed by atoms with Gasteiger partial charge in [-0.2, -0.15) is 5.10 Å². The van der Waals surface area contributed by atoms with Gasteiger partial charge in [0.05, 0.1) is 17.2 Å². The standard InChI is InChI=1S/C14H18N4O3S/c1-18-5-2-3-13(18)11-7-12(17-16-11)14(19)15-8-10-4-6-22(20,21)9-10/h2-3,5,7,10H,4,6,8-9H2,1H3,(H,15,19)(H,16,17). The summed E-state index contributed by atoms with van der Waals surface area (Å²) in [7, 11) is -1.01. The lowest BCUT2D eigenvalue weighted by Gasteiger charge is -2.08. The highest BCUT2D eigenvalue weighted by Gasteiger charge is 2.28.